The number of nitrogens with zero attached hydrogens (tertiary/aromatic N) is 3. The Morgan fingerprint density at radius 3 is 3.00 bits per heavy atom. The van der Waals surface area contributed by atoms with Gasteiger partial charge in [-0.2, -0.15) is 5.10 Å². The van der Waals surface area contributed by atoms with Crippen molar-refractivity contribution in [3.8, 4) is 0 Å². The van der Waals surface area contributed by atoms with E-state index < -0.39 is 4.92 Å². The van der Waals surface area contributed by atoms with E-state index in [9.17, 15) is 10.1 Å². The third-order valence-electron chi connectivity index (χ3n) is 2.22. The van der Waals surface area contributed by atoms with Gasteiger partial charge in [0.25, 0.3) is 0 Å². The van der Waals surface area contributed by atoms with Crippen molar-refractivity contribution in [3.63, 3.8) is 0 Å². The Kier molecular flexibility index (Phi) is 2.99. The Balaban J connectivity index is 2.17. The van der Waals surface area contributed by atoms with Crippen LogP contribution in [0.5, 0.6) is 0 Å². The number of hydrogen-bond acceptors (Lipinski definition) is 5. The van der Waals surface area contributed by atoms with Crippen LogP contribution in [0.15, 0.2) is 24.7 Å². The molecule has 0 radical (unpaired) electrons. The van der Waals surface area contributed by atoms with Gasteiger partial charge in [0.1, 0.15) is 0 Å². The SMILES string of the molecule is Cc1cnc(NCc2cn[nH]c2)c([N+](=O)[O-])c1. The molecule has 17 heavy (non-hydrogen) atoms. The van der Waals surface area contributed by atoms with Crippen LogP contribution in [0.4, 0.5) is 11.5 Å². The van der Waals surface area contributed by atoms with Crippen LogP contribution in [0.1, 0.15) is 11.1 Å². The third-order valence-corrected chi connectivity index (χ3v) is 2.22. The lowest BCUT2D eigenvalue weighted by Gasteiger charge is -2.04. The first-order valence-electron chi connectivity index (χ1n) is 4.99. The number of H-pyrrole nitrogens is 1. The molecule has 7 heteroatoms. The largest absolute Gasteiger partial charge is 0.360 e. The summed E-state index contributed by atoms with van der Waals surface area (Å²) < 4.78 is 0. The molecule has 0 fully saturated rings. The molecular weight excluding hydrogens is 222 g/mol. The molecule has 2 aromatic heterocycles. The highest BCUT2D eigenvalue weighted by molar-refractivity contribution is 5.56. The van der Waals surface area contributed by atoms with Gasteiger partial charge in [-0.15, -0.1) is 0 Å². The second-order valence-corrected chi connectivity index (χ2v) is 3.60. The zero-order chi connectivity index (χ0) is 12.3. The molecule has 88 valence electrons. The summed E-state index contributed by atoms with van der Waals surface area (Å²) >= 11 is 0. The van der Waals surface area contributed by atoms with Gasteiger partial charge < -0.3 is 5.32 Å². The van der Waals surface area contributed by atoms with Crippen molar-refractivity contribution < 1.29 is 4.92 Å². The minimum absolute atomic E-state index is 0.0199. The van der Waals surface area contributed by atoms with E-state index in [0.29, 0.717) is 6.54 Å². The molecular formula is C10H11N5O2. The average molecular weight is 233 g/mol. The molecule has 2 N–H and O–H groups in total. The predicted molar refractivity (Wildman–Crippen MR) is 61.5 cm³/mol. The highest BCUT2D eigenvalue weighted by atomic mass is 16.6. The van der Waals surface area contributed by atoms with Gasteiger partial charge in [-0.1, -0.05) is 0 Å². The molecule has 2 rings (SSSR count). The number of anilines is 1. The van der Waals surface area contributed by atoms with E-state index in [0.717, 1.165) is 11.1 Å². The Hall–Kier alpha value is -2.44. The molecule has 0 aliphatic carbocycles. The zero-order valence-electron chi connectivity index (χ0n) is 9.17. The van der Waals surface area contributed by atoms with Crippen LogP contribution in [0.25, 0.3) is 0 Å². The highest BCUT2D eigenvalue weighted by Crippen LogP contribution is 2.22. The van der Waals surface area contributed by atoms with Crippen LogP contribution in [0.2, 0.25) is 0 Å². The maximum atomic E-state index is 10.8. The number of nitrogens with one attached hydrogen (secondary N) is 2. The van der Waals surface area contributed by atoms with Gasteiger partial charge in [0.15, 0.2) is 0 Å². The number of hydrogen-bond donors (Lipinski definition) is 2. The Morgan fingerprint density at radius 1 is 1.53 bits per heavy atom. The van der Waals surface area contributed by atoms with Gasteiger partial charge >= 0.3 is 5.69 Å². The van der Waals surface area contributed by atoms with E-state index in [2.05, 4.69) is 20.5 Å². The molecule has 0 aromatic carbocycles. The van der Waals surface area contributed by atoms with Gasteiger partial charge in [0.2, 0.25) is 5.82 Å². The normalized spacial score (nSPS) is 10.2. The molecule has 0 unspecified atom stereocenters. The van der Waals surface area contributed by atoms with E-state index >= 15 is 0 Å². The first-order valence-corrected chi connectivity index (χ1v) is 4.99. The van der Waals surface area contributed by atoms with Crippen LogP contribution in [-0.4, -0.2) is 20.1 Å². The first-order chi connectivity index (χ1) is 8.16. The molecule has 0 saturated heterocycles. The molecule has 0 amide bonds. The van der Waals surface area contributed by atoms with Crippen molar-refractivity contribution in [2.24, 2.45) is 0 Å². The van der Waals surface area contributed by atoms with Crippen molar-refractivity contribution in [2.75, 3.05) is 5.32 Å². The average Bonchev–Trinajstić information content (AvgIpc) is 2.80. The fraction of sp³-hybridized carbons (Fsp3) is 0.200. The van der Waals surface area contributed by atoms with E-state index in [-0.39, 0.29) is 11.5 Å². The van der Waals surface area contributed by atoms with E-state index in [1.807, 2.05) is 0 Å². The molecule has 0 atom stereocenters. The van der Waals surface area contributed by atoms with E-state index in [1.54, 1.807) is 25.5 Å². The molecule has 0 spiro atoms. The van der Waals surface area contributed by atoms with E-state index in [1.165, 1.54) is 6.07 Å². The predicted octanol–water partition coefficient (Wildman–Crippen LogP) is 1.63. The van der Waals surface area contributed by atoms with Crippen LogP contribution >= 0.6 is 0 Å². The van der Waals surface area contributed by atoms with Gasteiger partial charge in [0.05, 0.1) is 11.1 Å². The quantitative estimate of drug-likeness (QED) is 0.618. The summed E-state index contributed by atoms with van der Waals surface area (Å²) in [5, 5.41) is 20.2. The number of nitro groups is 1. The molecule has 0 bridgehead atoms. The monoisotopic (exact) mass is 233 g/mol. The van der Waals surface area contributed by atoms with Crippen molar-refractivity contribution in [1.29, 1.82) is 0 Å². The van der Waals surface area contributed by atoms with Crippen molar-refractivity contribution in [1.82, 2.24) is 15.2 Å². The summed E-state index contributed by atoms with van der Waals surface area (Å²) in [6.07, 6.45) is 4.95. The van der Waals surface area contributed by atoms with Gasteiger partial charge in [-0.3, -0.25) is 15.2 Å². The molecule has 0 saturated carbocycles. The maximum absolute atomic E-state index is 10.8. The number of rotatable bonds is 4. The summed E-state index contributed by atoms with van der Waals surface area (Å²) in [6.45, 7) is 2.20. The second-order valence-electron chi connectivity index (χ2n) is 3.60. The van der Waals surface area contributed by atoms with Gasteiger partial charge in [-0.05, 0) is 12.5 Å². The Morgan fingerprint density at radius 2 is 2.35 bits per heavy atom. The van der Waals surface area contributed by atoms with Crippen LogP contribution in [0.3, 0.4) is 0 Å². The number of aromatic nitrogens is 3. The van der Waals surface area contributed by atoms with Crippen LogP contribution in [0, 0.1) is 17.0 Å². The van der Waals surface area contributed by atoms with Crippen LogP contribution in [-0.2, 0) is 6.54 Å². The topological polar surface area (TPSA) is 96.7 Å². The maximum Gasteiger partial charge on any atom is 0.311 e. The minimum atomic E-state index is -0.447. The Bertz CT molecular complexity index is 523. The number of aryl methyl sites for hydroxylation is 1. The van der Waals surface area contributed by atoms with Crippen molar-refractivity contribution in [2.45, 2.75) is 13.5 Å². The number of aromatic amines is 1. The zero-order valence-corrected chi connectivity index (χ0v) is 9.17. The Labute approximate surface area is 97.0 Å². The van der Waals surface area contributed by atoms with E-state index in [4.69, 9.17) is 0 Å². The highest BCUT2D eigenvalue weighted by Gasteiger charge is 2.14. The number of pyridine rings is 1. The lowest BCUT2D eigenvalue weighted by Crippen LogP contribution is -2.04. The van der Waals surface area contributed by atoms with Crippen molar-refractivity contribution in [3.05, 3.63) is 45.9 Å². The molecule has 0 aliphatic heterocycles. The lowest BCUT2D eigenvalue weighted by molar-refractivity contribution is -0.384. The fourth-order valence-electron chi connectivity index (χ4n) is 1.39. The summed E-state index contributed by atoms with van der Waals surface area (Å²) in [4.78, 5) is 14.4. The summed E-state index contributed by atoms with van der Waals surface area (Å²) in [5.41, 5.74) is 1.64. The van der Waals surface area contributed by atoms with Crippen molar-refractivity contribution >= 4 is 11.5 Å². The standard InChI is InChI=1S/C10H11N5O2/c1-7-2-9(15(16)17)10(11-3-7)12-4-8-5-13-14-6-8/h2-3,5-6H,4H2,1H3,(H,11,12)(H,13,14). The summed E-state index contributed by atoms with van der Waals surface area (Å²) in [6, 6.07) is 1.49. The summed E-state index contributed by atoms with van der Waals surface area (Å²) in [7, 11) is 0. The summed E-state index contributed by atoms with van der Waals surface area (Å²) in [5.74, 6) is 0.266. The molecule has 7 nitrogen and oxygen atoms in total. The second kappa shape index (κ2) is 4.60. The van der Waals surface area contributed by atoms with Gasteiger partial charge in [-0.25, -0.2) is 4.98 Å². The first kappa shape index (κ1) is 11.1. The third kappa shape index (κ3) is 2.57. The fourth-order valence-corrected chi connectivity index (χ4v) is 1.39. The van der Waals surface area contributed by atoms with Gasteiger partial charge in [0, 0.05) is 30.6 Å². The molecule has 2 aromatic rings. The molecule has 0 aliphatic rings. The molecule has 2 heterocycles. The smallest absolute Gasteiger partial charge is 0.311 e. The van der Waals surface area contributed by atoms with Crippen LogP contribution < -0.4 is 5.32 Å². The minimum Gasteiger partial charge on any atom is -0.360 e. The lowest BCUT2D eigenvalue weighted by atomic mass is 10.3.